The van der Waals surface area contributed by atoms with E-state index in [1.807, 2.05) is 30.3 Å². The molecule has 1 aromatic carbocycles. The number of likely N-dealkylation sites (tertiary alicyclic amines) is 1. The van der Waals surface area contributed by atoms with Gasteiger partial charge in [-0.25, -0.2) is 4.79 Å². The fraction of sp³-hybridized carbons (Fsp3) is 0.500. The predicted octanol–water partition coefficient (Wildman–Crippen LogP) is 0.338. The van der Waals surface area contributed by atoms with Crippen molar-refractivity contribution in [2.75, 3.05) is 20.8 Å². The summed E-state index contributed by atoms with van der Waals surface area (Å²) in [6.07, 6.45) is -0.150. The summed E-state index contributed by atoms with van der Waals surface area (Å²) in [7, 11) is 2.35. The second kappa shape index (κ2) is 9.04. The molecule has 9 heteroatoms. The van der Waals surface area contributed by atoms with Gasteiger partial charge in [0.05, 0.1) is 20.6 Å². The van der Waals surface area contributed by atoms with Crippen molar-refractivity contribution in [3.8, 4) is 0 Å². The highest BCUT2D eigenvalue weighted by Crippen LogP contribution is 2.40. The summed E-state index contributed by atoms with van der Waals surface area (Å²) in [5, 5.41) is 2.51. The van der Waals surface area contributed by atoms with Crippen LogP contribution in [0.1, 0.15) is 30.9 Å². The Bertz CT molecular complexity index is 782. The molecule has 0 aliphatic carbocycles. The van der Waals surface area contributed by atoms with Gasteiger partial charge in [0.1, 0.15) is 18.2 Å². The summed E-state index contributed by atoms with van der Waals surface area (Å²) in [4.78, 5) is 50.5. The molecule has 2 aliphatic rings. The van der Waals surface area contributed by atoms with Crippen LogP contribution in [0, 0.1) is 0 Å². The van der Waals surface area contributed by atoms with Crippen LogP contribution >= 0.6 is 0 Å². The number of esters is 2. The molecule has 2 saturated heterocycles. The molecule has 1 N–H and O–H groups in total. The lowest BCUT2D eigenvalue weighted by atomic mass is 10.1. The van der Waals surface area contributed by atoms with E-state index in [9.17, 15) is 19.2 Å². The van der Waals surface area contributed by atoms with Gasteiger partial charge in [-0.15, -0.1) is 0 Å². The van der Waals surface area contributed by atoms with Crippen molar-refractivity contribution in [2.45, 2.75) is 43.6 Å². The van der Waals surface area contributed by atoms with Crippen LogP contribution in [0.4, 0.5) is 0 Å². The second-order valence-electron chi connectivity index (χ2n) is 6.94. The summed E-state index contributed by atoms with van der Waals surface area (Å²) in [5.74, 6) is -2.17. The number of nitrogens with one attached hydrogen (secondary N) is 1. The summed E-state index contributed by atoms with van der Waals surface area (Å²) >= 11 is 0. The summed E-state index contributed by atoms with van der Waals surface area (Å²) in [5.41, 5.74) is 0.912. The molecular weight excluding hydrogens is 380 g/mol. The van der Waals surface area contributed by atoms with Gasteiger partial charge in [-0.05, 0) is 18.4 Å². The normalized spacial score (nSPS) is 23.8. The van der Waals surface area contributed by atoms with Crippen LogP contribution in [0.3, 0.4) is 0 Å². The maximum atomic E-state index is 12.9. The summed E-state index contributed by atoms with van der Waals surface area (Å²) in [6.45, 7) is 0.429. The minimum absolute atomic E-state index is 0.251. The highest BCUT2D eigenvalue weighted by atomic mass is 16.6. The Morgan fingerprint density at radius 3 is 2.55 bits per heavy atom. The Balaban J connectivity index is 1.63. The number of carbonyl (C=O) groups excluding carboxylic acids is 4. The van der Waals surface area contributed by atoms with Gasteiger partial charge >= 0.3 is 11.9 Å². The van der Waals surface area contributed by atoms with Crippen molar-refractivity contribution < 1.29 is 33.4 Å². The molecule has 2 fully saturated rings. The van der Waals surface area contributed by atoms with Gasteiger partial charge in [0.25, 0.3) is 5.91 Å². The van der Waals surface area contributed by atoms with E-state index < -0.39 is 36.0 Å². The second-order valence-corrected chi connectivity index (χ2v) is 6.94. The van der Waals surface area contributed by atoms with Crippen LogP contribution in [0.25, 0.3) is 0 Å². The van der Waals surface area contributed by atoms with Gasteiger partial charge in [0.2, 0.25) is 5.91 Å². The number of rotatable bonds is 7. The van der Waals surface area contributed by atoms with Crippen molar-refractivity contribution in [3.05, 3.63) is 35.9 Å². The van der Waals surface area contributed by atoms with E-state index in [2.05, 4.69) is 14.8 Å². The van der Waals surface area contributed by atoms with Crippen molar-refractivity contribution in [2.24, 2.45) is 0 Å². The van der Waals surface area contributed by atoms with E-state index in [1.54, 1.807) is 0 Å². The SMILES string of the molecule is COC(=O)C[C@H](NC(=O)[C@@H]1CCCN1C(=O)[C@@H]1O[C@@H]1c1ccccc1)C(=O)OC. The van der Waals surface area contributed by atoms with Crippen LogP contribution in [0.15, 0.2) is 30.3 Å². The van der Waals surface area contributed by atoms with E-state index in [4.69, 9.17) is 4.74 Å². The van der Waals surface area contributed by atoms with E-state index in [0.717, 1.165) is 5.56 Å². The molecule has 0 aromatic heterocycles. The molecule has 1 aromatic rings. The third kappa shape index (κ3) is 4.73. The summed E-state index contributed by atoms with van der Waals surface area (Å²) < 4.78 is 14.8. The molecule has 4 atom stereocenters. The standard InChI is InChI=1S/C20H24N2O7/c1-27-15(23)11-13(20(26)28-2)21-18(24)14-9-6-10-22(14)19(25)17-16(29-17)12-7-4-3-5-8-12/h3-5,7-8,13-14,16-17H,6,9-11H2,1-2H3,(H,21,24)/t13-,14-,16+,17+/m0/s1. The molecule has 2 amide bonds. The number of ether oxygens (including phenoxy) is 3. The highest BCUT2D eigenvalue weighted by molar-refractivity contribution is 5.94. The van der Waals surface area contributed by atoms with Gasteiger partial charge in [0.15, 0.2) is 6.10 Å². The number of benzene rings is 1. The van der Waals surface area contributed by atoms with Crippen LogP contribution in [-0.4, -0.2) is 67.6 Å². The molecule has 0 radical (unpaired) electrons. The first kappa shape index (κ1) is 20.8. The van der Waals surface area contributed by atoms with Crippen LogP contribution in [0.5, 0.6) is 0 Å². The van der Waals surface area contributed by atoms with Crippen molar-refractivity contribution in [1.29, 1.82) is 0 Å². The predicted molar refractivity (Wildman–Crippen MR) is 99.4 cm³/mol. The zero-order chi connectivity index (χ0) is 21.0. The minimum Gasteiger partial charge on any atom is -0.469 e. The average Bonchev–Trinajstić information content (AvgIpc) is 3.40. The lowest BCUT2D eigenvalue weighted by Gasteiger charge is -2.25. The number of carbonyl (C=O) groups is 4. The fourth-order valence-electron chi connectivity index (χ4n) is 3.52. The van der Waals surface area contributed by atoms with Crippen molar-refractivity contribution >= 4 is 23.8 Å². The Labute approximate surface area is 168 Å². The van der Waals surface area contributed by atoms with Crippen LogP contribution < -0.4 is 5.32 Å². The molecule has 3 rings (SSSR count). The third-order valence-corrected chi connectivity index (χ3v) is 5.10. The molecule has 0 spiro atoms. The van der Waals surface area contributed by atoms with Crippen molar-refractivity contribution in [1.82, 2.24) is 10.2 Å². The molecule has 0 unspecified atom stereocenters. The van der Waals surface area contributed by atoms with Crippen LogP contribution in [-0.2, 0) is 33.4 Å². The van der Waals surface area contributed by atoms with Gasteiger partial charge in [-0.3, -0.25) is 14.4 Å². The first-order valence-corrected chi connectivity index (χ1v) is 9.42. The largest absolute Gasteiger partial charge is 0.469 e. The zero-order valence-corrected chi connectivity index (χ0v) is 16.3. The number of epoxide rings is 1. The first-order chi connectivity index (χ1) is 14.0. The Morgan fingerprint density at radius 1 is 1.17 bits per heavy atom. The molecule has 2 heterocycles. The van der Waals surface area contributed by atoms with Gasteiger partial charge in [0, 0.05) is 6.54 Å². The zero-order valence-electron chi connectivity index (χ0n) is 16.3. The summed E-state index contributed by atoms with van der Waals surface area (Å²) in [6, 6.07) is 7.51. The average molecular weight is 404 g/mol. The lowest BCUT2D eigenvalue weighted by molar-refractivity contribution is -0.151. The first-order valence-electron chi connectivity index (χ1n) is 9.42. The van der Waals surface area contributed by atoms with E-state index in [1.165, 1.54) is 19.1 Å². The molecule has 0 saturated carbocycles. The lowest BCUT2D eigenvalue weighted by Crippen LogP contribution is -2.52. The van der Waals surface area contributed by atoms with Gasteiger partial charge in [-0.2, -0.15) is 0 Å². The topological polar surface area (TPSA) is 115 Å². The molecule has 29 heavy (non-hydrogen) atoms. The van der Waals surface area contributed by atoms with E-state index in [0.29, 0.717) is 19.4 Å². The number of hydrogen-bond donors (Lipinski definition) is 1. The monoisotopic (exact) mass is 404 g/mol. The number of nitrogens with zero attached hydrogens (tertiary/aromatic N) is 1. The molecule has 9 nitrogen and oxygen atoms in total. The maximum absolute atomic E-state index is 12.9. The molecule has 2 aliphatic heterocycles. The van der Waals surface area contributed by atoms with Crippen molar-refractivity contribution in [3.63, 3.8) is 0 Å². The van der Waals surface area contributed by atoms with E-state index >= 15 is 0 Å². The number of amides is 2. The maximum Gasteiger partial charge on any atom is 0.328 e. The smallest absolute Gasteiger partial charge is 0.328 e. The Morgan fingerprint density at radius 2 is 1.90 bits per heavy atom. The van der Waals surface area contributed by atoms with Crippen LogP contribution in [0.2, 0.25) is 0 Å². The number of methoxy groups -OCH3 is 2. The molecular formula is C20H24N2O7. The number of hydrogen-bond acceptors (Lipinski definition) is 7. The highest BCUT2D eigenvalue weighted by Gasteiger charge is 2.50. The van der Waals surface area contributed by atoms with Gasteiger partial charge in [-0.1, -0.05) is 30.3 Å². The minimum atomic E-state index is -1.17. The molecule has 0 bridgehead atoms. The van der Waals surface area contributed by atoms with E-state index in [-0.39, 0.29) is 18.4 Å². The fourth-order valence-corrected chi connectivity index (χ4v) is 3.52. The Kier molecular flexibility index (Phi) is 6.48. The third-order valence-electron chi connectivity index (χ3n) is 5.10. The quantitative estimate of drug-likeness (QED) is 0.515. The molecule has 156 valence electrons. The van der Waals surface area contributed by atoms with Gasteiger partial charge < -0.3 is 24.4 Å². The Hall–Kier alpha value is -2.94.